The van der Waals surface area contributed by atoms with Crippen LogP contribution in [0, 0.1) is 0 Å². The number of para-hydroxylation sites is 1. The van der Waals surface area contributed by atoms with Gasteiger partial charge in [-0.2, -0.15) is 0 Å². The average molecular weight is 1430 g/mol. The molecule has 2 spiro atoms. The van der Waals surface area contributed by atoms with Crippen molar-refractivity contribution < 1.29 is 9.47 Å². The van der Waals surface area contributed by atoms with Gasteiger partial charge in [0.05, 0.1) is 33.6 Å². The second kappa shape index (κ2) is 26.0. The van der Waals surface area contributed by atoms with Crippen molar-refractivity contribution in [2.24, 2.45) is 0 Å². The molecule has 0 radical (unpaired) electrons. The number of aromatic nitrogens is 4. The lowest BCUT2D eigenvalue weighted by atomic mass is 9.65. The van der Waals surface area contributed by atoms with E-state index < -0.39 is 10.8 Å². The minimum atomic E-state index is -0.660. The smallest absolute Gasteiger partial charge is 0.160 e. The molecule has 0 saturated carbocycles. The second-order valence-corrected chi connectivity index (χ2v) is 29.4. The molecular weight excluding hydrogens is 1360 g/mol. The Balaban J connectivity index is 0.607. The summed E-state index contributed by atoms with van der Waals surface area (Å²) in [5.41, 5.74) is 33.3. The van der Waals surface area contributed by atoms with E-state index in [1.165, 1.54) is 44.5 Å². The minimum Gasteiger partial charge on any atom is -0.457 e. The van der Waals surface area contributed by atoms with Crippen LogP contribution < -0.4 is 9.47 Å². The molecule has 2 aromatic heterocycles. The molecule has 18 aromatic rings. The third-order valence-corrected chi connectivity index (χ3v) is 23.3. The van der Waals surface area contributed by atoms with Gasteiger partial charge in [0.1, 0.15) is 23.0 Å². The van der Waals surface area contributed by atoms with Crippen molar-refractivity contribution >= 4 is 0 Å². The SMILES string of the molecule is c1ccc(-c2cccc(-c3cc(-c4ccc(-c5ccc6c(c5)Oc5ccccc5C65c6ccccc6-c6ccccc65)cc4)nc(-c4ccc(-c5ccc6c(c5)Oc5cc(-c7ccc(-c8cc(-c9ccccc9-c9ccccc9)nc(-c9ccccc9)n8)cc7)ccc5C65c6ccccc6-c6ccccc65)cc4)n3)c2)cc1. The third kappa shape index (κ3) is 10.3. The predicted octanol–water partition coefficient (Wildman–Crippen LogP) is 26.5. The van der Waals surface area contributed by atoms with Gasteiger partial charge >= 0.3 is 0 Å². The standard InChI is InChI=1S/C106H66N4O2/c1-4-23-67(24-5-1)76-29-22-30-80(61-76)97-65-95(72-49-43-68(44-50-72)77-55-58-92-100(62-77)111-99-42-21-20-41-91(99)105(92)87-37-16-12-32-82(87)83-33-13-17-38-88(83)105)107-104(109-97)75-53-47-70(48-54-75)79-57-60-94-102(64-79)112-101-63-78(56-59-93(101)106(94)89-39-18-14-34-84(89)85-35-15-19-40-90(85)106)69-45-51-73(52-46-69)96-66-98(110-103(108-96)74-27-8-3-9-28-74)86-36-11-10-31-81(86)71-25-6-2-7-26-71/h1-66H. The van der Waals surface area contributed by atoms with E-state index in [2.05, 4.69) is 382 Å². The Labute approximate surface area is 649 Å². The number of nitrogens with zero attached hydrogens (tertiary/aromatic N) is 4. The first kappa shape index (κ1) is 64.5. The number of fused-ring (bicyclic) bond motifs is 18. The summed E-state index contributed by atoms with van der Waals surface area (Å²) in [7, 11) is 0. The predicted molar refractivity (Wildman–Crippen MR) is 452 cm³/mol. The van der Waals surface area contributed by atoms with E-state index in [4.69, 9.17) is 29.4 Å². The van der Waals surface area contributed by atoms with E-state index in [-0.39, 0.29) is 0 Å². The Morgan fingerprint density at radius 3 is 0.893 bits per heavy atom. The van der Waals surface area contributed by atoms with Gasteiger partial charge in [-0.1, -0.05) is 358 Å². The van der Waals surface area contributed by atoms with Crippen molar-refractivity contribution in [1.29, 1.82) is 0 Å². The lowest BCUT2D eigenvalue weighted by Gasteiger charge is -2.39. The number of rotatable bonds is 11. The zero-order valence-electron chi connectivity index (χ0n) is 60.7. The van der Waals surface area contributed by atoms with E-state index in [9.17, 15) is 0 Å². The van der Waals surface area contributed by atoms with E-state index in [0.717, 1.165) is 157 Å². The van der Waals surface area contributed by atoms with Crippen LogP contribution in [0.3, 0.4) is 0 Å². The van der Waals surface area contributed by atoms with E-state index >= 15 is 0 Å². The summed E-state index contributed by atoms with van der Waals surface area (Å²) in [6, 6.07) is 143. The van der Waals surface area contributed by atoms with Gasteiger partial charge in [-0.3, -0.25) is 0 Å². The first-order chi connectivity index (χ1) is 55.5. The zero-order valence-corrected chi connectivity index (χ0v) is 60.7. The molecule has 0 atom stereocenters. The lowest BCUT2D eigenvalue weighted by molar-refractivity contribution is 0.436. The molecule has 22 rings (SSSR count). The fourth-order valence-corrected chi connectivity index (χ4v) is 18.2. The van der Waals surface area contributed by atoms with E-state index in [1.54, 1.807) is 0 Å². The molecule has 2 aliphatic carbocycles. The van der Waals surface area contributed by atoms with Crippen molar-refractivity contribution in [2.45, 2.75) is 10.8 Å². The average Bonchev–Trinajstić information content (AvgIpc) is 1.44. The number of hydrogen-bond acceptors (Lipinski definition) is 6. The first-order valence-corrected chi connectivity index (χ1v) is 38.2. The van der Waals surface area contributed by atoms with Crippen molar-refractivity contribution in [2.75, 3.05) is 0 Å². The normalized spacial score (nSPS) is 13.1. The molecule has 112 heavy (non-hydrogen) atoms. The molecule has 0 unspecified atom stereocenters. The van der Waals surface area contributed by atoms with Gasteiger partial charge in [-0.15, -0.1) is 0 Å². The topological polar surface area (TPSA) is 70.0 Å². The van der Waals surface area contributed by atoms with Gasteiger partial charge < -0.3 is 9.47 Å². The summed E-state index contributed by atoms with van der Waals surface area (Å²) in [4.78, 5) is 21.3. The van der Waals surface area contributed by atoms with Gasteiger partial charge in [0.15, 0.2) is 11.6 Å². The highest BCUT2D eigenvalue weighted by molar-refractivity contribution is 5.93. The molecule has 2 aliphatic heterocycles. The molecule has 4 aliphatic rings. The van der Waals surface area contributed by atoms with Crippen molar-refractivity contribution in [3.8, 4) is 169 Å². The highest BCUT2D eigenvalue weighted by Gasteiger charge is 2.53. The van der Waals surface area contributed by atoms with Crippen LogP contribution in [0.1, 0.15) is 44.5 Å². The molecule has 0 N–H and O–H groups in total. The van der Waals surface area contributed by atoms with Crippen LogP contribution in [0.2, 0.25) is 0 Å². The first-order valence-electron chi connectivity index (χ1n) is 38.2. The van der Waals surface area contributed by atoms with Crippen LogP contribution in [0.4, 0.5) is 0 Å². The molecule has 4 heterocycles. The minimum absolute atomic E-state index is 0.529. The van der Waals surface area contributed by atoms with Crippen LogP contribution >= 0.6 is 0 Å². The Morgan fingerprint density at radius 2 is 0.429 bits per heavy atom. The van der Waals surface area contributed by atoms with Crippen molar-refractivity contribution in [1.82, 2.24) is 19.9 Å². The fraction of sp³-hybridized carbons (Fsp3) is 0.0189. The Hall–Kier alpha value is -14.7. The molecule has 6 heteroatoms. The Morgan fingerprint density at radius 1 is 0.152 bits per heavy atom. The summed E-state index contributed by atoms with van der Waals surface area (Å²) in [6.07, 6.45) is 0. The molecule has 16 aromatic carbocycles. The molecule has 0 bridgehead atoms. The number of benzene rings is 16. The van der Waals surface area contributed by atoms with Gasteiger partial charge in [-0.25, -0.2) is 19.9 Å². The summed E-state index contributed by atoms with van der Waals surface area (Å²) < 4.78 is 14.3. The Kier molecular flexibility index (Phi) is 15.0. The quantitative estimate of drug-likeness (QED) is 0.129. The fourth-order valence-electron chi connectivity index (χ4n) is 18.2. The van der Waals surface area contributed by atoms with Gasteiger partial charge in [0.25, 0.3) is 0 Å². The van der Waals surface area contributed by atoms with Crippen LogP contribution in [-0.2, 0) is 10.8 Å². The molecule has 0 amide bonds. The van der Waals surface area contributed by atoms with Crippen molar-refractivity contribution in [3.63, 3.8) is 0 Å². The maximum absolute atomic E-state index is 7.37. The largest absolute Gasteiger partial charge is 0.457 e. The monoisotopic (exact) mass is 1430 g/mol. The van der Waals surface area contributed by atoms with Crippen LogP contribution in [-0.4, -0.2) is 19.9 Å². The van der Waals surface area contributed by atoms with E-state index in [0.29, 0.717) is 11.6 Å². The lowest BCUT2D eigenvalue weighted by Crippen LogP contribution is -2.32. The molecule has 0 fully saturated rings. The maximum atomic E-state index is 7.37. The highest BCUT2D eigenvalue weighted by atomic mass is 16.5. The molecular formula is C106H66N4O2. The molecule has 0 saturated heterocycles. The van der Waals surface area contributed by atoms with Crippen LogP contribution in [0.5, 0.6) is 23.0 Å². The summed E-state index contributed by atoms with van der Waals surface area (Å²) in [5.74, 6) is 4.64. The summed E-state index contributed by atoms with van der Waals surface area (Å²) in [5, 5.41) is 0. The van der Waals surface area contributed by atoms with Crippen LogP contribution in [0.15, 0.2) is 400 Å². The highest BCUT2D eigenvalue weighted by Crippen LogP contribution is 2.65. The number of hydrogen-bond donors (Lipinski definition) is 0. The third-order valence-electron chi connectivity index (χ3n) is 23.3. The molecule has 6 nitrogen and oxygen atoms in total. The zero-order chi connectivity index (χ0) is 73.9. The van der Waals surface area contributed by atoms with Gasteiger partial charge in [0.2, 0.25) is 0 Å². The van der Waals surface area contributed by atoms with Gasteiger partial charge in [-0.05, 0) is 143 Å². The summed E-state index contributed by atoms with van der Waals surface area (Å²) >= 11 is 0. The Bertz CT molecular complexity index is 6700. The summed E-state index contributed by atoms with van der Waals surface area (Å²) in [6.45, 7) is 0. The second-order valence-electron chi connectivity index (χ2n) is 29.4. The maximum Gasteiger partial charge on any atom is 0.160 e. The number of ether oxygens (including phenoxy) is 2. The molecule has 522 valence electrons. The van der Waals surface area contributed by atoms with Crippen molar-refractivity contribution in [3.05, 3.63) is 445 Å². The van der Waals surface area contributed by atoms with Crippen LogP contribution in [0.25, 0.3) is 146 Å². The van der Waals surface area contributed by atoms with E-state index in [1.807, 2.05) is 18.2 Å². The van der Waals surface area contributed by atoms with Gasteiger partial charge in [0, 0.05) is 55.6 Å².